The molecule has 104 valence electrons. The van der Waals surface area contributed by atoms with Gasteiger partial charge in [0.15, 0.2) is 0 Å². The zero-order chi connectivity index (χ0) is 14.7. The maximum absolute atomic E-state index is 13.6. The number of phenols is 1. The summed E-state index contributed by atoms with van der Waals surface area (Å²) in [6.45, 7) is 1.72. The normalized spacial score (nSPS) is 10.3. The van der Waals surface area contributed by atoms with Crippen LogP contribution in [-0.4, -0.2) is 11.0 Å². The van der Waals surface area contributed by atoms with Crippen molar-refractivity contribution < 1.29 is 14.3 Å². The lowest BCUT2D eigenvalue weighted by Gasteiger charge is -2.08. The van der Waals surface area contributed by atoms with E-state index in [-0.39, 0.29) is 28.7 Å². The number of halogens is 2. The zero-order valence-corrected chi connectivity index (χ0v) is 11.5. The third-order valence-electron chi connectivity index (χ3n) is 2.88. The van der Waals surface area contributed by atoms with Crippen molar-refractivity contribution >= 4 is 23.2 Å². The molecular weight excluding hydrogens is 281 g/mol. The van der Waals surface area contributed by atoms with E-state index in [9.17, 15) is 14.3 Å². The molecule has 0 aliphatic rings. The fourth-order valence-electron chi connectivity index (χ4n) is 1.80. The van der Waals surface area contributed by atoms with Crippen LogP contribution < -0.4 is 5.32 Å². The molecule has 0 fully saturated rings. The Morgan fingerprint density at radius 1 is 1.35 bits per heavy atom. The molecule has 3 nitrogen and oxygen atoms in total. The van der Waals surface area contributed by atoms with Gasteiger partial charge in [0.25, 0.3) is 0 Å². The van der Waals surface area contributed by atoms with Gasteiger partial charge >= 0.3 is 0 Å². The van der Waals surface area contributed by atoms with Crippen molar-refractivity contribution in [2.75, 3.05) is 5.32 Å². The Balaban J connectivity index is 2.11. The van der Waals surface area contributed by atoms with E-state index in [0.717, 1.165) is 0 Å². The number of aromatic hydroxyl groups is 1. The molecule has 2 aromatic carbocycles. The third kappa shape index (κ3) is 3.27. The smallest absolute Gasteiger partial charge is 0.228 e. The Morgan fingerprint density at radius 2 is 2.10 bits per heavy atom. The average Bonchev–Trinajstić information content (AvgIpc) is 2.38. The molecule has 0 bridgehead atoms. The molecule has 0 spiro atoms. The summed E-state index contributed by atoms with van der Waals surface area (Å²) in [5.41, 5.74) is 1.35. The van der Waals surface area contributed by atoms with Crippen LogP contribution in [0.15, 0.2) is 36.4 Å². The minimum absolute atomic E-state index is 0.147. The monoisotopic (exact) mass is 293 g/mol. The average molecular weight is 294 g/mol. The van der Waals surface area contributed by atoms with Crippen LogP contribution in [0.5, 0.6) is 5.75 Å². The quantitative estimate of drug-likeness (QED) is 0.848. The minimum atomic E-state index is -0.505. The number of nitrogens with one attached hydrogen (secondary N) is 1. The van der Waals surface area contributed by atoms with Crippen molar-refractivity contribution in [3.63, 3.8) is 0 Å². The van der Waals surface area contributed by atoms with E-state index in [1.54, 1.807) is 19.1 Å². The van der Waals surface area contributed by atoms with Gasteiger partial charge in [0.1, 0.15) is 11.6 Å². The highest BCUT2D eigenvalue weighted by atomic mass is 35.5. The number of amides is 1. The summed E-state index contributed by atoms with van der Waals surface area (Å²) in [5, 5.41) is 12.3. The van der Waals surface area contributed by atoms with Crippen LogP contribution in [0.2, 0.25) is 5.02 Å². The van der Waals surface area contributed by atoms with E-state index < -0.39 is 5.82 Å². The predicted molar refractivity (Wildman–Crippen MR) is 76.6 cm³/mol. The first-order valence-electron chi connectivity index (χ1n) is 5.99. The number of carbonyl (C=O) groups is 1. The topological polar surface area (TPSA) is 49.3 Å². The molecule has 1 amide bonds. The Labute approximate surface area is 121 Å². The van der Waals surface area contributed by atoms with Crippen molar-refractivity contribution in [2.45, 2.75) is 13.3 Å². The molecule has 0 aliphatic heterocycles. The van der Waals surface area contributed by atoms with Crippen molar-refractivity contribution in [1.29, 1.82) is 0 Å². The Kier molecular flexibility index (Phi) is 4.25. The van der Waals surface area contributed by atoms with Crippen LogP contribution in [0.4, 0.5) is 10.1 Å². The second kappa shape index (κ2) is 5.92. The molecule has 0 saturated heterocycles. The van der Waals surface area contributed by atoms with Crippen LogP contribution in [0.3, 0.4) is 0 Å². The molecule has 2 N–H and O–H groups in total. The number of benzene rings is 2. The van der Waals surface area contributed by atoms with E-state index in [2.05, 4.69) is 5.32 Å². The maximum Gasteiger partial charge on any atom is 0.228 e. The fraction of sp³-hybridized carbons (Fsp3) is 0.133. The van der Waals surface area contributed by atoms with Gasteiger partial charge in [-0.2, -0.15) is 0 Å². The van der Waals surface area contributed by atoms with Crippen LogP contribution in [-0.2, 0) is 11.2 Å². The highest BCUT2D eigenvalue weighted by molar-refractivity contribution is 6.31. The SMILES string of the molecule is Cc1cc(NC(=O)Cc2c(F)cccc2Cl)ccc1O. The van der Waals surface area contributed by atoms with E-state index in [1.807, 2.05) is 0 Å². The largest absolute Gasteiger partial charge is 0.508 e. The van der Waals surface area contributed by atoms with Crippen molar-refractivity contribution in [3.8, 4) is 5.75 Å². The molecule has 2 rings (SSSR count). The van der Waals surface area contributed by atoms with Crippen molar-refractivity contribution in [1.82, 2.24) is 0 Å². The number of anilines is 1. The molecule has 0 unspecified atom stereocenters. The summed E-state index contributed by atoms with van der Waals surface area (Å²) in [6, 6.07) is 8.99. The minimum Gasteiger partial charge on any atom is -0.508 e. The summed E-state index contributed by atoms with van der Waals surface area (Å²) in [4.78, 5) is 11.9. The Morgan fingerprint density at radius 3 is 2.75 bits per heavy atom. The van der Waals surface area contributed by atoms with Crippen molar-refractivity contribution in [2.24, 2.45) is 0 Å². The molecule has 0 aromatic heterocycles. The van der Waals surface area contributed by atoms with Gasteiger partial charge in [-0.3, -0.25) is 4.79 Å². The number of hydrogen-bond donors (Lipinski definition) is 2. The summed E-state index contributed by atoms with van der Waals surface area (Å²) in [5.74, 6) is -0.725. The summed E-state index contributed by atoms with van der Waals surface area (Å²) >= 11 is 5.87. The summed E-state index contributed by atoms with van der Waals surface area (Å²) < 4.78 is 13.6. The van der Waals surface area contributed by atoms with Gasteiger partial charge in [-0.1, -0.05) is 17.7 Å². The number of rotatable bonds is 3. The molecule has 0 aliphatic carbocycles. The highest BCUT2D eigenvalue weighted by Gasteiger charge is 2.12. The standard InChI is InChI=1S/C15H13ClFNO2/c1-9-7-10(5-6-14(9)19)18-15(20)8-11-12(16)3-2-4-13(11)17/h2-7,19H,8H2,1H3,(H,18,20). The maximum atomic E-state index is 13.6. The number of phenolic OH excluding ortho intramolecular Hbond substituents is 1. The van der Waals surface area contributed by atoms with Gasteiger partial charge in [0.05, 0.1) is 6.42 Å². The van der Waals surface area contributed by atoms with Gasteiger partial charge in [-0.25, -0.2) is 4.39 Å². The second-order valence-corrected chi connectivity index (χ2v) is 4.83. The molecule has 0 radical (unpaired) electrons. The van der Waals surface area contributed by atoms with Crippen LogP contribution >= 0.6 is 11.6 Å². The highest BCUT2D eigenvalue weighted by Crippen LogP contribution is 2.22. The lowest BCUT2D eigenvalue weighted by molar-refractivity contribution is -0.115. The fourth-order valence-corrected chi connectivity index (χ4v) is 2.03. The third-order valence-corrected chi connectivity index (χ3v) is 3.23. The number of hydrogen-bond acceptors (Lipinski definition) is 2. The molecule has 0 atom stereocenters. The van der Waals surface area contributed by atoms with Crippen LogP contribution in [0.1, 0.15) is 11.1 Å². The lowest BCUT2D eigenvalue weighted by Crippen LogP contribution is -2.15. The van der Waals surface area contributed by atoms with Gasteiger partial charge in [-0.05, 0) is 42.8 Å². The summed E-state index contributed by atoms with van der Waals surface area (Å²) in [6.07, 6.45) is -0.147. The van der Waals surface area contributed by atoms with Gasteiger partial charge in [0.2, 0.25) is 5.91 Å². The van der Waals surface area contributed by atoms with Gasteiger partial charge < -0.3 is 10.4 Å². The Hall–Kier alpha value is -2.07. The zero-order valence-electron chi connectivity index (χ0n) is 10.8. The van der Waals surface area contributed by atoms with E-state index in [0.29, 0.717) is 11.3 Å². The number of carbonyl (C=O) groups excluding carboxylic acids is 1. The van der Waals surface area contributed by atoms with Crippen LogP contribution in [0, 0.1) is 12.7 Å². The molecule has 0 saturated carbocycles. The van der Waals surface area contributed by atoms with E-state index >= 15 is 0 Å². The molecule has 20 heavy (non-hydrogen) atoms. The molecule has 2 aromatic rings. The Bertz CT molecular complexity index is 638. The first kappa shape index (κ1) is 14.3. The molecule has 5 heteroatoms. The second-order valence-electron chi connectivity index (χ2n) is 4.43. The van der Waals surface area contributed by atoms with E-state index in [4.69, 9.17) is 11.6 Å². The molecule has 0 heterocycles. The first-order chi connectivity index (χ1) is 9.47. The van der Waals surface area contributed by atoms with E-state index in [1.165, 1.54) is 24.3 Å². The predicted octanol–water partition coefficient (Wildman–Crippen LogP) is 3.67. The van der Waals surface area contributed by atoms with Crippen LogP contribution in [0.25, 0.3) is 0 Å². The first-order valence-corrected chi connectivity index (χ1v) is 6.37. The lowest BCUT2D eigenvalue weighted by atomic mass is 10.1. The van der Waals surface area contributed by atoms with Gasteiger partial charge in [0, 0.05) is 16.3 Å². The van der Waals surface area contributed by atoms with Crippen molar-refractivity contribution in [3.05, 3.63) is 58.4 Å². The molecular formula is C15H13ClFNO2. The summed E-state index contributed by atoms with van der Waals surface area (Å²) in [7, 11) is 0. The van der Waals surface area contributed by atoms with Gasteiger partial charge in [-0.15, -0.1) is 0 Å². The number of aryl methyl sites for hydroxylation is 1.